The molecule has 0 aliphatic carbocycles. The molecule has 0 saturated carbocycles. The smallest absolute Gasteiger partial charge is 0.203 e. The number of anilines is 1. The van der Waals surface area contributed by atoms with Crippen LogP contribution in [0.15, 0.2) is 24.3 Å². The van der Waals surface area contributed by atoms with Gasteiger partial charge < -0.3 is 10.5 Å². The van der Waals surface area contributed by atoms with Crippen LogP contribution in [0, 0.1) is 0 Å². The molecule has 2 N–H and O–H groups in total. The maximum absolute atomic E-state index is 5.81. The second-order valence-corrected chi connectivity index (χ2v) is 5.26. The van der Waals surface area contributed by atoms with E-state index in [1.807, 2.05) is 18.2 Å². The lowest BCUT2D eigenvalue weighted by atomic mass is 9.98. The molecule has 0 amide bonds. The van der Waals surface area contributed by atoms with Crippen molar-refractivity contribution in [2.24, 2.45) is 0 Å². The van der Waals surface area contributed by atoms with E-state index in [1.165, 1.54) is 16.9 Å². The summed E-state index contributed by atoms with van der Waals surface area (Å²) < 4.78 is 5.81. The molecule has 2 rings (SSSR count). The van der Waals surface area contributed by atoms with Crippen molar-refractivity contribution in [3.63, 3.8) is 0 Å². The highest BCUT2D eigenvalue weighted by Gasteiger charge is 2.10. The van der Waals surface area contributed by atoms with Gasteiger partial charge in [-0.2, -0.15) is 0 Å². The first-order chi connectivity index (χ1) is 8.70. The first kappa shape index (κ1) is 12.8. The van der Waals surface area contributed by atoms with E-state index >= 15 is 0 Å². The Morgan fingerprint density at radius 2 is 2.11 bits per heavy atom. The molecule has 0 saturated heterocycles. The van der Waals surface area contributed by atoms with Gasteiger partial charge in [-0.05, 0) is 24.0 Å². The summed E-state index contributed by atoms with van der Waals surface area (Å²) in [5, 5.41) is 8.99. The lowest BCUT2D eigenvalue weighted by Gasteiger charge is -2.14. The van der Waals surface area contributed by atoms with E-state index in [-0.39, 0.29) is 0 Å². The molecular weight excluding hydrogens is 246 g/mol. The van der Waals surface area contributed by atoms with Gasteiger partial charge in [0.05, 0.1) is 0 Å². The second-order valence-electron chi connectivity index (χ2n) is 4.17. The number of para-hydroxylation sites is 1. The molecule has 5 heteroatoms. The molecule has 2 aromatic rings. The van der Waals surface area contributed by atoms with Gasteiger partial charge in [0.1, 0.15) is 12.4 Å². The molecule has 0 aliphatic heterocycles. The highest BCUT2D eigenvalue weighted by molar-refractivity contribution is 7.15. The number of hydrogen-bond acceptors (Lipinski definition) is 5. The number of rotatable bonds is 5. The average Bonchev–Trinajstić information content (AvgIpc) is 2.81. The molecule has 1 unspecified atom stereocenters. The first-order valence-corrected chi connectivity index (χ1v) is 6.82. The van der Waals surface area contributed by atoms with Crippen molar-refractivity contribution >= 4 is 16.5 Å². The second kappa shape index (κ2) is 5.82. The van der Waals surface area contributed by atoms with Gasteiger partial charge in [-0.1, -0.05) is 43.4 Å². The van der Waals surface area contributed by atoms with Crippen LogP contribution in [0.5, 0.6) is 5.75 Å². The number of ether oxygens (including phenoxy) is 1. The molecule has 0 bridgehead atoms. The lowest BCUT2D eigenvalue weighted by Crippen LogP contribution is -2.00. The van der Waals surface area contributed by atoms with Gasteiger partial charge in [-0.3, -0.25) is 0 Å². The highest BCUT2D eigenvalue weighted by atomic mass is 32.1. The van der Waals surface area contributed by atoms with Crippen LogP contribution in [-0.2, 0) is 6.61 Å². The molecule has 1 heterocycles. The monoisotopic (exact) mass is 263 g/mol. The van der Waals surface area contributed by atoms with E-state index in [9.17, 15) is 0 Å². The Labute approximate surface area is 111 Å². The fourth-order valence-electron chi connectivity index (χ4n) is 1.70. The van der Waals surface area contributed by atoms with Crippen LogP contribution >= 0.6 is 11.3 Å². The Hall–Kier alpha value is -1.62. The molecule has 4 nitrogen and oxygen atoms in total. The van der Waals surface area contributed by atoms with Gasteiger partial charge >= 0.3 is 0 Å². The Bertz CT molecular complexity index is 512. The summed E-state index contributed by atoms with van der Waals surface area (Å²) in [7, 11) is 0. The van der Waals surface area contributed by atoms with Crippen LogP contribution in [0.4, 0.5) is 5.13 Å². The van der Waals surface area contributed by atoms with E-state index in [1.54, 1.807) is 0 Å². The lowest BCUT2D eigenvalue weighted by molar-refractivity contribution is 0.299. The maximum atomic E-state index is 5.81. The number of benzene rings is 1. The van der Waals surface area contributed by atoms with Gasteiger partial charge in [0.25, 0.3) is 0 Å². The molecule has 18 heavy (non-hydrogen) atoms. The van der Waals surface area contributed by atoms with Gasteiger partial charge in [0.15, 0.2) is 5.01 Å². The van der Waals surface area contributed by atoms with Crippen LogP contribution in [0.1, 0.15) is 36.8 Å². The zero-order chi connectivity index (χ0) is 13.0. The largest absolute Gasteiger partial charge is 0.486 e. The van der Waals surface area contributed by atoms with Crippen molar-refractivity contribution in [1.29, 1.82) is 0 Å². The Morgan fingerprint density at radius 1 is 1.33 bits per heavy atom. The van der Waals surface area contributed by atoms with Crippen LogP contribution in [0.25, 0.3) is 0 Å². The van der Waals surface area contributed by atoms with Crippen molar-refractivity contribution in [2.45, 2.75) is 32.8 Å². The number of aromatic nitrogens is 2. The fourth-order valence-corrected chi connectivity index (χ4v) is 2.23. The van der Waals surface area contributed by atoms with Crippen molar-refractivity contribution in [2.75, 3.05) is 5.73 Å². The summed E-state index contributed by atoms with van der Waals surface area (Å²) in [4.78, 5) is 0. The topological polar surface area (TPSA) is 61.0 Å². The standard InChI is InChI=1S/C13H17N3OS/c1-3-9(2)10-6-4-5-7-11(10)17-8-12-15-16-13(14)18-12/h4-7,9H,3,8H2,1-2H3,(H2,14,16). The van der Waals surface area contributed by atoms with Crippen molar-refractivity contribution in [3.8, 4) is 5.75 Å². The molecule has 1 aromatic carbocycles. The quantitative estimate of drug-likeness (QED) is 0.899. The summed E-state index contributed by atoms with van der Waals surface area (Å²) in [5.74, 6) is 1.40. The fraction of sp³-hybridized carbons (Fsp3) is 0.385. The van der Waals surface area contributed by atoms with E-state index in [2.05, 4.69) is 30.1 Å². The van der Waals surface area contributed by atoms with Crippen molar-refractivity contribution < 1.29 is 4.74 Å². The zero-order valence-electron chi connectivity index (χ0n) is 10.6. The third-order valence-electron chi connectivity index (χ3n) is 2.90. The molecule has 0 fully saturated rings. The van der Waals surface area contributed by atoms with Crippen molar-refractivity contribution in [1.82, 2.24) is 10.2 Å². The number of nitrogens with two attached hydrogens (primary N) is 1. The number of hydrogen-bond donors (Lipinski definition) is 1. The minimum atomic E-state index is 0.419. The zero-order valence-corrected chi connectivity index (χ0v) is 11.4. The molecular formula is C13H17N3OS. The highest BCUT2D eigenvalue weighted by Crippen LogP contribution is 2.29. The van der Waals surface area contributed by atoms with E-state index in [0.717, 1.165) is 17.2 Å². The molecule has 1 atom stereocenters. The Kier molecular flexibility index (Phi) is 4.15. The average molecular weight is 263 g/mol. The van der Waals surface area contributed by atoms with Crippen LogP contribution in [0.3, 0.4) is 0 Å². The predicted octanol–water partition coefficient (Wildman–Crippen LogP) is 3.21. The van der Waals surface area contributed by atoms with Crippen LogP contribution in [-0.4, -0.2) is 10.2 Å². The van der Waals surface area contributed by atoms with Gasteiger partial charge in [-0.25, -0.2) is 0 Å². The number of nitrogen functional groups attached to an aromatic ring is 1. The van der Waals surface area contributed by atoms with E-state index in [4.69, 9.17) is 10.5 Å². The maximum Gasteiger partial charge on any atom is 0.203 e. The summed E-state index contributed by atoms with van der Waals surface area (Å²) >= 11 is 1.36. The van der Waals surface area contributed by atoms with Gasteiger partial charge in [-0.15, -0.1) is 10.2 Å². The summed E-state index contributed by atoms with van der Waals surface area (Å²) in [6.45, 7) is 4.79. The van der Waals surface area contributed by atoms with E-state index in [0.29, 0.717) is 17.7 Å². The van der Waals surface area contributed by atoms with Gasteiger partial charge in [0, 0.05) is 0 Å². The number of nitrogens with zero attached hydrogens (tertiary/aromatic N) is 2. The minimum Gasteiger partial charge on any atom is -0.486 e. The molecule has 96 valence electrons. The summed E-state index contributed by atoms with van der Waals surface area (Å²) in [6.07, 6.45) is 1.09. The first-order valence-electron chi connectivity index (χ1n) is 6.00. The predicted molar refractivity (Wildman–Crippen MR) is 73.8 cm³/mol. The molecule has 0 radical (unpaired) electrons. The van der Waals surface area contributed by atoms with Crippen molar-refractivity contribution in [3.05, 3.63) is 34.8 Å². The summed E-state index contributed by atoms with van der Waals surface area (Å²) in [5.41, 5.74) is 6.77. The normalized spacial score (nSPS) is 12.3. The van der Waals surface area contributed by atoms with Crippen LogP contribution < -0.4 is 10.5 Å². The minimum absolute atomic E-state index is 0.419. The third kappa shape index (κ3) is 2.98. The molecule has 1 aromatic heterocycles. The Morgan fingerprint density at radius 3 is 2.78 bits per heavy atom. The Balaban J connectivity index is 2.09. The molecule has 0 spiro atoms. The third-order valence-corrected chi connectivity index (χ3v) is 3.62. The summed E-state index contributed by atoms with van der Waals surface area (Å²) in [6, 6.07) is 8.12. The van der Waals surface area contributed by atoms with Gasteiger partial charge in [0.2, 0.25) is 5.13 Å². The SMILES string of the molecule is CCC(C)c1ccccc1OCc1nnc(N)s1. The van der Waals surface area contributed by atoms with E-state index < -0.39 is 0 Å². The van der Waals surface area contributed by atoms with Crippen LogP contribution in [0.2, 0.25) is 0 Å². The molecule has 0 aliphatic rings.